The number of nitrogens with zero attached hydrogens (tertiary/aromatic N) is 2. The van der Waals surface area contributed by atoms with Gasteiger partial charge in [0.2, 0.25) is 0 Å². The van der Waals surface area contributed by atoms with Crippen molar-refractivity contribution < 1.29 is 28.8 Å². The van der Waals surface area contributed by atoms with Gasteiger partial charge in [0.1, 0.15) is 23.0 Å². The van der Waals surface area contributed by atoms with Crippen LogP contribution in [0.15, 0.2) is 35.3 Å². The van der Waals surface area contributed by atoms with E-state index >= 15 is 0 Å². The summed E-state index contributed by atoms with van der Waals surface area (Å²) in [6.07, 6.45) is 6.87. The fourth-order valence-corrected chi connectivity index (χ4v) is 7.11. The van der Waals surface area contributed by atoms with Gasteiger partial charge in [0, 0.05) is 32.1 Å². The maximum Gasteiger partial charge on any atom is 0.309 e. The molecule has 0 amide bonds. The SMILES string of the molecule is CCOc1cc(CC2CC3(CCN=C(N4CCC(C)(C(=O)O)CC4)C3)C2)cc(OCC)c1-c1cc(OC)cc(OC)c1. The lowest BCUT2D eigenvalue weighted by molar-refractivity contribution is -0.150. The largest absolute Gasteiger partial charge is 0.497 e. The highest BCUT2D eigenvalue weighted by molar-refractivity contribution is 5.84. The molecule has 1 aliphatic carbocycles. The molecule has 2 aromatic rings. The number of amidine groups is 1. The molecule has 8 nitrogen and oxygen atoms in total. The topological polar surface area (TPSA) is 89.8 Å². The number of hydrogen-bond acceptors (Lipinski definition) is 7. The first-order chi connectivity index (χ1) is 20.2. The van der Waals surface area contributed by atoms with E-state index in [2.05, 4.69) is 17.0 Å². The van der Waals surface area contributed by atoms with Crippen molar-refractivity contribution in [2.24, 2.45) is 21.7 Å². The Balaban J connectivity index is 1.30. The highest BCUT2D eigenvalue weighted by atomic mass is 16.5. The number of carboxylic acid groups (broad SMARTS) is 1. The molecule has 2 heterocycles. The Morgan fingerprint density at radius 2 is 1.55 bits per heavy atom. The van der Waals surface area contributed by atoms with Crippen LogP contribution < -0.4 is 18.9 Å². The first kappa shape index (κ1) is 30.1. The number of ether oxygens (including phenoxy) is 4. The summed E-state index contributed by atoms with van der Waals surface area (Å²) in [7, 11) is 3.31. The second-order valence-electron chi connectivity index (χ2n) is 12.5. The minimum atomic E-state index is -0.678. The van der Waals surface area contributed by atoms with Crippen LogP contribution in [0.1, 0.15) is 64.9 Å². The fraction of sp³-hybridized carbons (Fsp3) is 0.588. The molecular formula is C34H46N2O6. The van der Waals surface area contributed by atoms with Gasteiger partial charge >= 0.3 is 5.97 Å². The van der Waals surface area contributed by atoms with Crippen LogP contribution in [0.25, 0.3) is 11.1 Å². The van der Waals surface area contributed by atoms with Gasteiger partial charge in [-0.2, -0.15) is 0 Å². The molecule has 0 bridgehead atoms. The van der Waals surface area contributed by atoms with Crippen LogP contribution in [0.3, 0.4) is 0 Å². The van der Waals surface area contributed by atoms with Gasteiger partial charge in [0.05, 0.1) is 44.2 Å². The van der Waals surface area contributed by atoms with Crippen molar-refractivity contribution in [3.63, 3.8) is 0 Å². The summed E-state index contributed by atoms with van der Waals surface area (Å²) in [5, 5.41) is 9.61. The van der Waals surface area contributed by atoms with Crippen LogP contribution in [0, 0.1) is 16.7 Å². The molecule has 3 aliphatic rings. The maximum atomic E-state index is 11.7. The van der Waals surface area contributed by atoms with E-state index in [1.165, 1.54) is 24.2 Å². The summed E-state index contributed by atoms with van der Waals surface area (Å²) in [5.41, 5.74) is 2.78. The predicted octanol–water partition coefficient (Wildman–Crippen LogP) is 6.49. The van der Waals surface area contributed by atoms with Crippen molar-refractivity contribution in [1.82, 2.24) is 4.90 Å². The number of carboxylic acids is 1. The lowest BCUT2D eigenvalue weighted by atomic mass is 9.56. The Hall–Kier alpha value is -3.42. The molecule has 0 radical (unpaired) electrons. The van der Waals surface area contributed by atoms with Gasteiger partial charge in [-0.05, 0) is 106 Å². The minimum absolute atomic E-state index is 0.317. The number of carbonyl (C=O) groups is 1. The number of benzene rings is 2. The quantitative estimate of drug-likeness (QED) is 0.345. The average molecular weight is 579 g/mol. The van der Waals surface area contributed by atoms with Gasteiger partial charge in [-0.15, -0.1) is 0 Å². The zero-order valence-corrected chi connectivity index (χ0v) is 25.8. The van der Waals surface area contributed by atoms with Crippen molar-refractivity contribution in [2.75, 3.05) is 47.1 Å². The molecular weight excluding hydrogens is 532 g/mol. The highest BCUT2D eigenvalue weighted by Crippen LogP contribution is 2.54. The maximum absolute atomic E-state index is 11.7. The summed E-state index contributed by atoms with van der Waals surface area (Å²) in [4.78, 5) is 18.9. The molecule has 1 saturated heterocycles. The summed E-state index contributed by atoms with van der Waals surface area (Å²) >= 11 is 0. The monoisotopic (exact) mass is 578 g/mol. The second-order valence-corrected chi connectivity index (χ2v) is 12.5. The molecule has 0 atom stereocenters. The number of hydrogen-bond donors (Lipinski definition) is 1. The third kappa shape index (κ3) is 6.18. The van der Waals surface area contributed by atoms with Gasteiger partial charge in [0.15, 0.2) is 0 Å². The van der Waals surface area contributed by atoms with Gasteiger partial charge in [0.25, 0.3) is 0 Å². The number of aliphatic imine (C=N–C) groups is 1. The van der Waals surface area contributed by atoms with Crippen molar-refractivity contribution in [3.8, 4) is 34.1 Å². The molecule has 228 valence electrons. The number of aliphatic carboxylic acids is 1. The van der Waals surface area contributed by atoms with Gasteiger partial charge in [-0.1, -0.05) is 0 Å². The van der Waals surface area contributed by atoms with E-state index < -0.39 is 11.4 Å². The van der Waals surface area contributed by atoms with Crippen LogP contribution in [0.2, 0.25) is 0 Å². The first-order valence-corrected chi connectivity index (χ1v) is 15.4. The standard InChI is InChI=1S/C34H46N2O6/c1-6-41-28-15-23(16-29(42-7-2)31(28)25-17-26(39-4)19-27(18-25)40-5)14-24-20-34(21-24)8-11-35-30(22-34)36-12-9-33(3,10-13-36)32(37)38/h15-19,24H,6-14,20-22H2,1-5H3,(H,37,38). The van der Waals surface area contributed by atoms with Crippen LogP contribution in [0.5, 0.6) is 23.0 Å². The zero-order chi connectivity index (χ0) is 29.9. The Bertz CT molecular complexity index is 1260. The third-order valence-electron chi connectivity index (χ3n) is 9.55. The molecule has 8 heteroatoms. The summed E-state index contributed by atoms with van der Waals surface area (Å²) in [6.45, 7) is 9.44. The van der Waals surface area contributed by atoms with Gasteiger partial charge in [-0.25, -0.2) is 0 Å². The Kier molecular flexibility index (Phi) is 8.90. The molecule has 0 unspecified atom stereocenters. The zero-order valence-electron chi connectivity index (χ0n) is 25.8. The van der Waals surface area contributed by atoms with E-state index in [1.54, 1.807) is 14.2 Å². The molecule has 1 spiro atoms. The Labute approximate surface area is 250 Å². The lowest BCUT2D eigenvalue weighted by Crippen LogP contribution is -2.50. The minimum Gasteiger partial charge on any atom is -0.497 e. The molecule has 2 fully saturated rings. The third-order valence-corrected chi connectivity index (χ3v) is 9.55. The van der Waals surface area contributed by atoms with Crippen LogP contribution >= 0.6 is 0 Å². The summed E-state index contributed by atoms with van der Waals surface area (Å²) in [6, 6.07) is 10.2. The molecule has 2 aromatic carbocycles. The van der Waals surface area contributed by atoms with Crippen molar-refractivity contribution in [1.29, 1.82) is 0 Å². The number of methoxy groups -OCH3 is 2. The number of likely N-dealkylation sites (tertiary alicyclic amines) is 1. The van der Waals surface area contributed by atoms with Crippen molar-refractivity contribution in [3.05, 3.63) is 35.9 Å². The van der Waals surface area contributed by atoms with Gasteiger partial charge < -0.3 is 29.0 Å². The van der Waals surface area contributed by atoms with Crippen molar-refractivity contribution in [2.45, 2.75) is 65.7 Å². The van der Waals surface area contributed by atoms with Crippen molar-refractivity contribution >= 4 is 11.8 Å². The van der Waals surface area contributed by atoms with E-state index in [-0.39, 0.29) is 0 Å². The molecule has 2 aliphatic heterocycles. The van der Waals surface area contributed by atoms with E-state index in [0.717, 1.165) is 61.5 Å². The van der Waals surface area contributed by atoms with Crippen LogP contribution in [-0.4, -0.2) is 68.9 Å². The highest BCUT2D eigenvalue weighted by Gasteiger charge is 2.47. The first-order valence-electron chi connectivity index (χ1n) is 15.4. The Morgan fingerprint density at radius 3 is 2.07 bits per heavy atom. The van der Waals surface area contributed by atoms with E-state index in [1.807, 2.05) is 39.0 Å². The summed E-state index contributed by atoms with van der Waals surface area (Å²) in [5.74, 6) is 4.18. The predicted molar refractivity (Wildman–Crippen MR) is 164 cm³/mol. The van der Waals surface area contributed by atoms with Crippen LogP contribution in [-0.2, 0) is 11.2 Å². The fourth-order valence-electron chi connectivity index (χ4n) is 7.11. The molecule has 1 saturated carbocycles. The lowest BCUT2D eigenvalue weighted by Gasteiger charge is -2.51. The second kappa shape index (κ2) is 12.4. The number of rotatable bonds is 10. The summed E-state index contributed by atoms with van der Waals surface area (Å²) < 4.78 is 23.5. The van der Waals surface area contributed by atoms with E-state index in [4.69, 9.17) is 23.9 Å². The molecule has 0 aromatic heterocycles. The molecule has 5 rings (SSSR count). The van der Waals surface area contributed by atoms with Crippen LogP contribution in [0.4, 0.5) is 0 Å². The van der Waals surface area contributed by atoms with E-state index in [9.17, 15) is 9.90 Å². The normalized spacial score (nSPS) is 23.1. The molecule has 42 heavy (non-hydrogen) atoms. The van der Waals surface area contributed by atoms with Gasteiger partial charge in [-0.3, -0.25) is 9.79 Å². The number of piperidine rings is 1. The average Bonchev–Trinajstić information content (AvgIpc) is 2.97. The Morgan fingerprint density at radius 1 is 0.952 bits per heavy atom. The molecule has 1 N–H and O–H groups in total. The van der Waals surface area contributed by atoms with E-state index in [0.29, 0.717) is 48.9 Å². The smallest absolute Gasteiger partial charge is 0.309 e.